The highest BCUT2D eigenvalue weighted by atomic mass is 16.3. The molecule has 62 heavy (non-hydrogen) atoms. The zero-order chi connectivity index (χ0) is 44.9. The first-order valence-corrected chi connectivity index (χ1v) is 25.4. The first-order valence-electron chi connectivity index (χ1n) is 25.4. The minimum absolute atomic E-state index is 0.0876. The highest BCUT2D eigenvalue weighted by Crippen LogP contribution is 2.13. The fourth-order valence-electron chi connectivity index (χ4n) is 6.77. The van der Waals surface area contributed by atoms with E-state index in [2.05, 4.69) is 141 Å². The minimum atomic E-state index is -0.872. The summed E-state index contributed by atoms with van der Waals surface area (Å²) < 4.78 is 0. The van der Waals surface area contributed by atoms with E-state index in [4.69, 9.17) is 0 Å². The molecule has 0 fully saturated rings. The Morgan fingerprint density at radius 2 is 0.726 bits per heavy atom. The molecule has 3 N–H and O–H groups in total. The number of carbonyl (C=O) groups excluding carboxylic acids is 1. The molecule has 0 saturated carbocycles. The van der Waals surface area contributed by atoms with Crippen molar-refractivity contribution in [1.29, 1.82) is 0 Å². The van der Waals surface area contributed by atoms with Crippen LogP contribution in [0.4, 0.5) is 0 Å². The first kappa shape index (κ1) is 58.5. The summed E-state index contributed by atoms with van der Waals surface area (Å²) in [7, 11) is 0. The van der Waals surface area contributed by atoms with Crippen LogP contribution >= 0.6 is 0 Å². The molecule has 0 aliphatic carbocycles. The van der Waals surface area contributed by atoms with E-state index in [0.717, 1.165) is 96.3 Å². The molecule has 350 valence electrons. The van der Waals surface area contributed by atoms with Crippen molar-refractivity contribution in [3.63, 3.8) is 0 Å². The predicted octanol–water partition coefficient (Wildman–Crippen LogP) is 16.7. The number of allylic oxidation sites excluding steroid dienone is 21. The molecular weight excluding hydrogens is 759 g/mol. The normalized spacial score (nSPS) is 14.1. The number of hydrogen-bond acceptors (Lipinski definition) is 3. The Morgan fingerprint density at radius 3 is 1.13 bits per heavy atom. The molecule has 0 spiro atoms. The van der Waals surface area contributed by atoms with E-state index in [1.165, 1.54) is 89.9 Å². The van der Waals surface area contributed by atoms with E-state index in [0.29, 0.717) is 6.42 Å². The van der Waals surface area contributed by atoms with E-state index in [-0.39, 0.29) is 12.5 Å². The van der Waals surface area contributed by atoms with Crippen LogP contribution in [-0.2, 0) is 4.79 Å². The minimum Gasteiger partial charge on any atom is -0.394 e. The van der Waals surface area contributed by atoms with Crippen LogP contribution in [0.15, 0.2) is 134 Å². The summed E-state index contributed by atoms with van der Waals surface area (Å²) in [4.78, 5) is 12.4. The maximum absolute atomic E-state index is 12.4. The molecule has 0 radical (unpaired) electrons. The third kappa shape index (κ3) is 47.6. The first-order chi connectivity index (χ1) is 30.7. The number of unbranched alkanes of at least 4 members (excludes halogenated alkanes) is 17. The van der Waals surface area contributed by atoms with Gasteiger partial charge in [0.1, 0.15) is 0 Å². The fraction of sp³-hybridized carbons (Fsp3) is 0.603. The van der Waals surface area contributed by atoms with Gasteiger partial charge in [-0.25, -0.2) is 0 Å². The van der Waals surface area contributed by atoms with E-state index >= 15 is 0 Å². The van der Waals surface area contributed by atoms with Crippen molar-refractivity contribution in [3.05, 3.63) is 134 Å². The zero-order valence-electron chi connectivity index (χ0n) is 40.1. The lowest BCUT2D eigenvalue weighted by Gasteiger charge is -2.19. The van der Waals surface area contributed by atoms with Crippen LogP contribution in [0.2, 0.25) is 0 Å². The summed E-state index contributed by atoms with van der Waals surface area (Å²) >= 11 is 0. The molecule has 0 aromatic rings. The van der Waals surface area contributed by atoms with Crippen molar-refractivity contribution in [2.45, 2.75) is 219 Å². The SMILES string of the molecule is CC/C=C\C/C=C\C/C=C\C/C=C\C/C=C\C/C=C\C/C=C\C/C=C\C/C=C\CCCCCCCCCCCC(=O)NC(CO)C(O)/C=C/CC/C=C/CCCCCCCCC. The van der Waals surface area contributed by atoms with Gasteiger partial charge in [-0.05, 0) is 103 Å². The van der Waals surface area contributed by atoms with Crippen LogP contribution in [0.3, 0.4) is 0 Å². The molecule has 0 aromatic heterocycles. The molecular formula is C58H95NO3. The molecule has 4 heteroatoms. The van der Waals surface area contributed by atoms with Gasteiger partial charge >= 0.3 is 0 Å². The number of nitrogens with one attached hydrogen (secondary N) is 1. The van der Waals surface area contributed by atoms with Crippen LogP contribution < -0.4 is 5.32 Å². The van der Waals surface area contributed by atoms with Gasteiger partial charge in [0.2, 0.25) is 5.91 Å². The summed E-state index contributed by atoms with van der Waals surface area (Å²) in [6.45, 7) is 4.15. The zero-order valence-corrected chi connectivity index (χ0v) is 40.1. The van der Waals surface area contributed by atoms with Crippen LogP contribution in [-0.4, -0.2) is 34.9 Å². The number of rotatable bonds is 44. The van der Waals surface area contributed by atoms with Crippen molar-refractivity contribution in [2.24, 2.45) is 0 Å². The molecule has 0 bridgehead atoms. The van der Waals surface area contributed by atoms with E-state index in [1.54, 1.807) is 6.08 Å². The summed E-state index contributed by atoms with van der Waals surface area (Å²) in [6, 6.07) is -0.650. The smallest absolute Gasteiger partial charge is 0.220 e. The summed E-state index contributed by atoms with van der Waals surface area (Å²) in [5.41, 5.74) is 0. The third-order valence-corrected chi connectivity index (χ3v) is 10.6. The average molecular weight is 854 g/mol. The molecule has 0 rings (SSSR count). The van der Waals surface area contributed by atoms with Crippen LogP contribution in [0.1, 0.15) is 206 Å². The van der Waals surface area contributed by atoms with Crippen molar-refractivity contribution in [3.8, 4) is 0 Å². The lowest BCUT2D eigenvalue weighted by molar-refractivity contribution is -0.123. The Balaban J connectivity index is 3.65. The van der Waals surface area contributed by atoms with Gasteiger partial charge in [0, 0.05) is 6.42 Å². The predicted molar refractivity (Wildman–Crippen MR) is 275 cm³/mol. The maximum Gasteiger partial charge on any atom is 0.220 e. The van der Waals surface area contributed by atoms with Crippen molar-refractivity contribution in [1.82, 2.24) is 5.32 Å². The van der Waals surface area contributed by atoms with Crippen LogP contribution in [0.25, 0.3) is 0 Å². The molecule has 0 aliphatic rings. The van der Waals surface area contributed by atoms with Gasteiger partial charge in [-0.15, -0.1) is 0 Å². The number of hydrogen-bond donors (Lipinski definition) is 3. The van der Waals surface area contributed by atoms with Gasteiger partial charge in [-0.2, -0.15) is 0 Å². The van der Waals surface area contributed by atoms with Gasteiger partial charge in [0.15, 0.2) is 0 Å². The van der Waals surface area contributed by atoms with Gasteiger partial charge in [-0.3, -0.25) is 4.79 Å². The van der Waals surface area contributed by atoms with E-state index < -0.39 is 12.1 Å². The van der Waals surface area contributed by atoms with Gasteiger partial charge < -0.3 is 15.5 Å². The van der Waals surface area contributed by atoms with Crippen molar-refractivity contribution >= 4 is 5.91 Å². The second-order valence-corrected chi connectivity index (χ2v) is 16.5. The highest BCUT2D eigenvalue weighted by Gasteiger charge is 2.17. The largest absolute Gasteiger partial charge is 0.394 e. The van der Waals surface area contributed by atoms with E-state index in [1.807, 2.05) is 6.08 Å². The molecule has 2 unspecified atom stereocenters. The monoisotopic (exact) mass is 854 g/mol. The molecule has 0 heterocycles. The Hall–Kier alpha value is -3.47. The van der Waals surface area contributed by atoms with Crippen LogP contribution in [0, 0.1) is 0 Å². The number of aliphatic hydroxyl groups is 2. The number of carbonyl (C=O) groups is 1. The highest BCUT2D eigenvalue weighted by molar-refractivity contribution is 5.76. The van der Waals surface area contributed by atoms with Crippen LogP contribution in [0.5, 0.6) is 0 Å². The number of amides is 1. The van der Waals surface area contributed by atoms with Crippen molar-refractivity contribution < 1.29 is 15.0 Å². The molecule has 0 aliphatic heterocycles. The van der Waals surface area contributed by atoms with Crippen molar-refractivity contribution in [2.75, 3.05) is 6.61 Å². The quantitative estimate of drug-likeness (QED) is 0.0422. The number of aliphatic hydroxyl groups excluding tert-OH is 2. The Kier molecular flexibility index (Phi) is 49.0. The van der Waals surface area contributed by atoms with Gasteiger partial charge in [-0.1, -0.05) is 231 Å². The lowest BCUT2D eigenvalue weighted by Crippen LogP contribution is -2.45. The topological polar surface area (TPSA) is 69.6 Å². The molecule has 0 saturated heterocycles. The van der Waals surface area contributed by atoms with Gasteiger partial charge in [0.25, 0.3) is 0 Å². The van der Waals surface area contributed by atoms with E-state index in [9.17, 15) is 15.0 Å². The molecule has 2 atom stereocenters. The molecule has 1 amide bonds. The fourth-order valence-corrected chi connectivity index (χ4v) is 6.77. The lowest BCUT2D eigenvalue weighted by atomic mass is 10.1. The Labute approximate surface area is 383 Å². The summed E-state index contributed by atoms with van der Waals surface area (Å²) in [5, 5.41) is 23.0. The Morgan fingerprint density at radius 1 is 0.403 bits per heavy atom. The van der Waals surface area contributed by atoms with Gasteiger partial charge in [0.05, 0.1) is 18.8 Å². The maximum atomic E-state index is 12.4. The summed E-state index contributed by atoms with van der Waals surface area (Å²) in [6.07, 6.45) is 81.5. The summed E-state index contributed by atoms with van der Waals surface area (Å²) in [5.74, 6) is -0.0876. The second kappa shape index (κ2) is 51.9. The third-order valence-electron chi connectivity index (χ3n) is 10.6. The molecule has 0 aromatic carbocycles. The average Bonchev–Trinajstić information content (AvgIpc) is 3.28. The standard InChI is InChI=1S/C58H95NO3/c1-3-5-7-9-11-13-15-17-18-19-20-21-22-23-24-25-26-27-28-29-30-31-32-33-34-35-36-37-38-39-40-42-44-46-48-50-52-54-58(62)59-56(55-60)57(61)53-51-49-47-45-43-41-16-14-12-10-8-6-4-2/h5,7,11,13,17-18,20-21,23-24,26-27,29-30,32-33,35-36,43,45,51,53,56-57,60-61H,3-4,6,8-10,12,14-16,19,22,25,28,31,34,37-42,44,46-50,52,54-55H2,1-2H3,(H,59,62)/b7-5-,13-11-,18-17-,21-20-,24-23-,27-26-,30-29-,33-32-,36-35-,45-43+,53-51+. The Bertz CT molecular complexity index is 1290. The second-order valence-electron chi connectivity index (χ2n) is 16.5. The molecule has 4 nitrogen and oxygen atoms in total.